The Bertz CT molecular complexity index is 551. The number of fused-ring (bicyclic) bond motifs is 1. The molecule has 2 atom stereocenters. The molecule has 3 rings (SSSR count). The SMILES string of the molecule is OC[C@@H]1CCCCC[C@@H]1NCc1cnn2ccccc12. The molecule has 20 heavy (non-hydrogen) atoms. The number of pyridine rings is 1. The summed E-state index contributed by atoms with van der Waals surface area (Å²) in [6.07, 6.45) is 10.0. The van der Waals surface area contributed by atoms with Crippen LogP contribution in [0.5, 0.6) is 0 Å². The highest BCUT2D eigenvalue weighted by molar-refractivity contribution is 5.53. The fraction of sp³-hybridized carbons (Fsp3) is 0.562. The van der Waals surface area contributed by atoms with Gasteiger partial charge in [0.05, 0.1) is 11.7 Å². The van der Waals surface area contributed by atoms with Crippen LogP contribution >= 0.6 is 0 Å². The Morgan fingerprint density at radius 2 is 2.15 bits per heavy atom. The third-order valence-electron chi connectivity index (χ3n) is 4.45. The lowest BCUT2D eigenvalue weighted by Crippen LogP contribution is -2.36. The Morgan fingerprint density at radius 1 is 1.25 bits per heavy atom. The third kappa shape index (κ3) is 2.86. The summed E-state index contributed by atoms with van der Waals surface area (Å²) < 4.78 is 1.91. The van der Waals surface area contributed by atoms with Gasteiger partial charge in [-0.25, -0.2) is 4.52 Å². The number of aromatic nitrogens is 2. The summed E-state index contributed by atoms with van der Waals surface area (Å²) in [7, 11) is 0. The van der Waals surface area contributed by atoms with Crippen LogP contribution < -0.4 is 5.32 Å². The van der Waals surface area contributed by atoms with Crippen LogP contribution in [0.2, 0.25) is 0 Å². The predicted octanol–water partition coefficient (Wildman–Crippen LogP) is 2.37. The molecule has 1 fully saturated rings. The zero-order chi connectivity index (χ0) is 13.8. The quantitative estimate of drug-likeness (QED) is 0.841. The average Bonchev–Trinajstić information content (AvgIpc) is 2.76. The van der Waals surface area contributed by atoms with Gasteiger partial charge in [0, 0.05) is 31.0 Å². The number of aliphatic hydroxyl groups is 1. The normalized spacial score (nSPS) is 23.9. The molecule has 0 unspecified atom stereocenters. The number of aliphatic hydroxyl groups excluding tert-OH is 1. The molecule has 108 valence electrons. The summed E-state index contributed by atoms with van der Waals surface area (Å²) in [6.45, 7) is 1.13. The largest absolute Gasteiger partial charge is 0.396 e. The molecule has 1 saturated carbocycles. The smallest absolute Gasteiger partial charge is 0.0706 e. The van der Waals surface area contributed by atoms with Crippen molar-refractivity contribution in [3.05, 3.63) is 36.2 Å². The standard InChI is InChI=1S/C16H23N3O/c20-12-13-6-2-1-3-7-15(13)17-10-14-11-18-19-9-5-4-8-16(14)19/h4-5,8-9,11,13,15,17,20H,1-3,6-7,10,12H2/t13-,15-/m0/s1. The van der Waals surface area contributed by atoms with Crippen molar-refractivity contribution in [1.29, 1.82) is 0 Å². The molecule has 2 N–H and O–H groups in total. The van der Waals surface area contributed by atoms with E-state index in [1.54, 1.807) is 0 Å². The van der Waals surface area contributed by atoms with Crippen molar-refractivity contribution in [2.75, 3.05) is 6.61 Å². The van der Waals surface area contributed by atoms with Crippen molar-refractivity contribution >= 4 is 5.52 Å². The van der Waals surface area contributed by atoms with Gasteiger partial charge in [-0.2, -0.15) is 5.10 Å². The number of hydrogen-bond acceptors (Lipinski definition) is 3. The van der Waals surface area contributed by atoms with Crippen LogP contribution in [0.4, 0.5) is 0 Å². The van der Waals surface area contributed by atoms with Gasteiger partial charge >= 0.3 is 0 Å². The molecule has 4 heteroatoms. The zero-order valence-corrected chi connectivity index (χ0v) is 11.8. The van der Waals surface area contributed by atoms with E-state index in [1.165, 1.54) is 31.2 Å². The second kappa shape index (κ2) is 6.37. The van der Waals surface area contributed by atoms with Crippen LogP contribution in [0.1, 0.15) is 37.7 Å². The molecule has 0 aliphatic heterocycles. The molecule has 0 amide bonds. The molecule has 1 aliphatic carbocycles. The maximum Gasteiger partial charge on any atom is 0.0706 e. The topological polar surface area (TPSA) is 49.6 Å². The lowest BCUT2D eigenvalue weighted by Gasteiger charge is -2.24. The first-order valence-electron chi connectivity index (χ1n) is 7.64. The van der Waals surface area contributed by atoms with E-state index in [0.29, 0.717) is 18.6 Å². The summed E-state index contributed by atoms with van der Waals surface area (Å²) in [6, 6.07) is 6.56. The van der Waals surface area contributed by atoms with Gasteiger partial charge < -0.3 is 10.4 Å². The van der Waals surface area contributed by atoms with Gasteiger partial charge in [-0.3, -0.25) is 0 Å². The summed E-state index contributed by atoms with van der Waals surface area (Å²) in [4.78, 5) is 0. The molecule has 4 nitrogen and oxygen atoms in total. The van der Waals surface area contributed by atoms with Crippen molar-refractivity contribution in [3.63, 3.8) is 0 Å². The Kier molecular flexibility index (Phi) is 4.33. The highest BCUT2D eigenvalue weighted by Gasteiger charge is 2.22. The summed E-state index contributed by atoms with van der Waals surface area (Å²) in [5, 5.41) is 17.6. The molecular weight excluding hydrogens is 250 g/mol. The van der Waals surface area contributed by atoms with Gasteiger partial charge in [0.15, 0.2) is 0 Å². The summed E-state index contributed by atoms with van der Waals surface area (Å²) in [5.74, 6) is 0.402. The van der Waals surface area contributed by atoms with Gasteiger partial charge in [0.1, 0.15) is 0 Å². The second-order valence-corrected chi connectivity index (χ2v) is 5.77. The van der Waals surface area contributed by atoms with E-state index in [9.17, 15) is 5.11 Å². The van der Waals surface area contributed by atoms with E-state index in [1.807, 2.05) is 29.0 Å². The minimum absolute atomic E-state index is 0.298. The van der Waals surface area contributed by atoms with Crippen molar-refractivity contribution in [3.8, 4) is 0 Å². The van der Waals surface area contributed by atoms with Crippen molar-refractivity contribution < 1.29 is 5.11 Å². The molecule has 0 bridgehead atoms. The third-order valence-corrected chi connectivity index (χ3v) is 4.45. The number of rotatable bonds is 4. The maximum atomic E-state index is 9.56. The molecule has 1 aliphatic rings. The van der Waals surface area contributed by atoms with Crippen molar-refractivity contribution in [2.24, 2.45) is 5.92 Å². The first-order chi connectivity index (χ1) is 9.88. The zero-order valence-electron chi connectivity index (χ0n) is 11.8. The first-order valence-corrected chi connectivity index (χ1v) is 7.64. The lowest BCUT2D eigenvalue weighted by molar-refractivity contribution is 0.181. The molecule has 0 radical (unpaired) electrons. The fourth-order valence-corrected chi connectivity index (χ4v) is 3.24. The lowest BCUT2D eigenvalue weighted by atomic mass is 9.95. The summed E-state index contributed by atoms with van der Waals surface area (Å²) in [5.41, 5.74) is 2.39. The van der Waals surface area contributed by atoms with Gasteiger partial charge in [0.25, 0.3) is 0 Å². The van der Waals surface area contributed by atoms with E-state index in [2.05, 4.69) is 16.5 Å². The minimum Gasteiger partial charge on any atom is -0.396 e. The van der Waals surface area contributed by atoms with Crippen LogP contribution in [-0.2, 0) is 6.54 Å². The van der Waals surface area contributed by atoms with E-state index in [-0.39, 0.29) is 0 Å². The summed E-state index contributed by atoms with van der Waals surface area (Å²) >= 11 is 0. The Balaban J connectivity index is 1.68. The minimum atomic E-state index is 0.298. The molecule has 2 heterocycles. The number of nitrogens with one attached hydrogen (secondary N) is 1. The predicted molar refractivity (Wildman–Crippen MR) is 79.5 cm³/mol. The highest BCUT2D eigenvalue weighted by Crippen LogP contribution is 2.23. The van der Waals surface area contributed by atoms with Crippen molar-refractivity contribution in [2.45, 2.75) is 44.7 Å². The first kappa shape index (κ1) is 13.6. The van der Waals surface area contributed by atoms with Gasteiger partial charge in [0.2, 0.25) is 0 Å². The second-order valence-electron chi connectivity index (χ2n) is 5.77. The van der Waals surface area contributed by atoms with Crippen LogP contribution in [0, 0.1) is 5.92 Å². The van der Waals surface area contributed by atoms with Crippen LogP contribution in [-0.4, -0.2) is 27.4 Å². The molecule has 2 aromatic rings. The highest BCUT2D eigenvalue weighted by atomic mass is 16.3. The number of hydrogen-bond donors (Lipinski definition) is 2. The monoisotopic (exact) mass is 273 g/mol. The average molecular weight is 273 g/mol. The number of nitrogens with zero attached hydrogens (tertiary/aromatic N) is 2. The van der Waals surface area contributed by atoms with E-state index in [4.69, 9.17) is 0 Å². The molecule has 0 aromatic carbocycles. The van der Waals surface area contributed by atoms with Gasteiger partial charge in [-0.1, -0.05) is 25.3 Å². The van der Waals surface area contributed by atoms with E-state index < -0.39 is 0 Å². The van der Waals surface area contributed by atoms with Crippen LogP contribution in [0.15, 0.2) is 30.6 Å². The van der Waals surface area contributed by atoms with E-state index >= 15 is 0 Å². The fourth-order valence-electron chi connectivity index (χ4n) is 3.24. The van der Waals surface area contributed by atoms with Crippen LogP contribution in [0.25, 0.3) is 5.52 Å². The molecule has 2 aromatic heterocycles. The van der Waals surface area contributed by atoms with E-state index in [0.717, 1.165) is 18.5 Å². The molecular formula is C16H23N3O. The molecule has 0 saturated heterocycles. The van der Waals surface area contributed by atoms with Gasteiger partial charge in [-0.05, 0) is 30.9 Å². The van der Waals surface area contributed by atoms with Crippen LogP contribution in [0.3, 0.4) is 0 Å². The van der Waals surface area contributed by atoms with Crippen molar-refractivity contribution in [1.82, 2.24) is 14.9 Å². The Hall–Kier alpha value is -1.39. The van der Waals surface area contributed by atoms with Gasteiger partial charge in [-0.15, -0.1) is 0 Å². The Morgan fingerprint density at radius 3 is 3.05 bits per heavy atom. The maximum absolute atomic E-state index is 9.56. The Labute approximate surface area is 119 Å². The molecule has 0 spiro atoms.